The van der Waals surface area contributed by atoms with Crippen LogP contribution in [0.2, 0.25) is 0 Å². The fourth-order valence-corrected chi connectivity index (χ4v) is 4.93. The molecule has 0 radical (unpaired) electrons. The molecule has 0 N–H and O–H groups in total. The van der Waals surface area contributed by atoms with Gasteiger partial charge in [0.25, 0.3) is 0 Å². The lowest BCUT2D eigenvalue weighted by Gasteiger charge is -2.39. The fraction of sp³-hybridized carbons (Fsp3) is 0.944. The predicted octanol–water partition coefficient (Wildman–Crippen LogP) is 3.27. The van der Waals surface area contributed by atoms with Gasteiger partial charge in [-0.2, -0.15) is 5.26 Å². The summed E-state index contributed by atoms with van der Waals surface area (Å²) in [6.07, 6.45) is 10.5. The van der Waals surface area contributed by atoms with Gasteiger partial charge in [-0.15, -0.1) is 0 Å². The third kappa shape index (κ3) is 3.43. The lowest BCUT2D eigenvalue weighted by molar-refractivity contribution is 0.111. The number of hydrogen-bond donors (Lipinski definition) is 0. The molecular formula is C18H31N3. The Balaban J connectivity index is 1.59. The van der Waals surface area contributed by atoms with Crippen LogP contribution in [0.25, 0.3) is 0 Å². The minimum Gasteiger partial charge on any atom is -0.299 e. The van der Waals surface area contributed by atoms with E-state index in [1.807, 2.05) is 0 Å². The normalized spacial score (nSPS) is 38.7. The summed E-state index contributed by atoms with van der Waals surface area (Å²) in [5, 5.41) is 9.53. The van der Waals surface area contributed by atoms with E-state index in [2.05, 4.69) is 22.8 Å². The summed E-state index contributed by atoms with van der Waals surface area (Å²) in [5.41, 5.74) is 0. The molecule has 4 atom stereocenters. The number of rotatable bonds is 4. The average molecular weight is 289 g/mol. The molecule has 3 heteroatoms. The van der Waals surface area contributed by atoms with E-state index in [-0.39, 0.29) is 5.92 Å². The fourth-order valence-electron chi connectivity index (χ4n) is 4.93. The molecule has 0 aromatic rings. The molecule has 2 saturated heterocycles. The molecule has 1 saturated carbocycles. The van der Waals surface area contributed by atoms with Crippen LogP contribution in [0.4, 0.5) is 0 Å². The molecule has 3 fully saturated rings. The van der Waals surface area contributed by atoms with E-state index in [1.165, 1.54) is 71.1 Å². The average Bonchev–Trinajstić information content (AvgIpc) is 3.18. The number of nitriles is 1. The van der Waals surface area contributed by atoms with Crippen LogP contribution in [-0.4, -0.2) is 48.1 Å². The molecule has 3 nitrogen and oxygen atoms in total. The Hall–Kier alpha value is -0.590. The van der Waals surface area contributed by atoms with Gasteiger partial charge in [0, 0.05) is 25.2 Å². The van der Waals surface area contributed by atoms with Gasteiger partial charge in [-0.3, -0.25) is 9.80 Å². The highest BCUT2D eigenvalue weighted by molar-refractivity contribution is 5.00. The number of hydrogen-bond acceptors (Lipinski definition) is 3. The van der Waals surface area contributed by atoms with Crippen molar-refractivity contribution in [2.24, 2.45) is 11.8 Å². The van der Waals surface area contributed by atoms with Gasteiger partial charge in [0.1, 0.15) is 0 Å². The summed E-state index contributed by atoms with van der Waals surface area (Å²) in [5.74, 6) is 1.16. The van der Waals surface area contributed by atoms with E-state index in [1.54, 1.807) is 0 Å². The van der Waals surface area contributed by atoms with Crippen molar-refractivity contribution in [1.82, 2.24) is 9.80 Å². The molecular weight excluding hydrogens is 258 g/mol. The monoisotopic (exact) mass is 289 g/mol. The molecule has 2 heterocycles. The molecule has 0 amide bonds. The Morgan fingerprint density at radius 1 is 1.05 bits per heavy atom. The maximum Gasteiger partial charge on any atom is 0.0672 e. The van der Waals surface area contributed by atoms with Crippen LogP contribution >= 0.6 is 0 Å². The molecule has 0 aromatic heterocycles. The van der Waals surface area contributed by atoms with Crippen LogP contribution in [0.15, 0.2) is 0 Å². The Kier molecular flexibility index (Phi) is 5.19. The van der Waals surface area contributed by atoms with Gasteiger partial charge in [-0.25, -0.2) is 0 Å². The van der Waals surface area contributed by atoms with E-state index < -0.39 is 0 Å². The second kappa shape index (κ2) is 7.11. The van der Waals surface area contributed by atoms with Crippen LogP contribution < -0.4 is 0 Å². The van der Waals surface area contributed by atoms with Crippen molar-refractivity contribution >= 4 is 0 Å². The van der Waals surface area contributed by atoms with Gasteiger partial charge in [-0.05, 0) is 57.5 Å². The summed E-state index contributed by atoms with van der Waals surface area (Å²) in [6, 6.07) is 3.95. The molecule has 0 spiro atoms. The zero-order valence-electron chi connectivity index (χ0n) is 13.6. The van der Waals surface area contributed by atoms with E-state index in [4.69, 9.17) is 0 Å². The SMILES string of the molecule is CCCC1CCC(C#N)C(N2CCC(N3CCCC3)C2)C1. The van der Waals surface area contributed by atoms with Crippen molar-refractivity contribution in [2.75, 3.05) is 26.2 Å². The van der Waals surface area contributed by atoms with E-state index in [0.29, 0.717) is 6.04 Å². The Morgan fingerprint density at radius 3 is 2.57 bits per heavy atom. The zero-order valence-corrected chi connectivity index (χ0v) is 13.6. The van der Waals surface area contributed by atoms with Gasteiger partial charge in [-0.1, -0.05) is 19.8 Å². The molecule has 4 unspecified atom stereocenters. The largest absolute Gasteiger partial charge is 0.299 e. The van der Waals surface area contributed by atoms with E-state index in [0.717, 1.165) is 18.4 Å². The molecule has 1 aliphatic carbocycles. The Labute approximate surface area is 130 Å². The zero-order chi connectivity index (χ0) is 14.7. The summed E-state index contributed by atoms with van der Waals surface area (Å²) >= 11 is 0. The summed E-state index contributed by atoms with van der Waals surface area (Å²) in [6.45, 7) is 7.36. The highest BCUT2D eigenvalue weighted by atomic mass is 15.3. The standard InChI is InChI=1S/C18H31N3/c1-2-5-15-6-7-16(13-19)18(12-15)21-11-8-17(14-21)20-9-3-4-10-20/h15-18H,2-12,14H2,1H3. The highest BCUT2D eigenvalue weighted by Crippen LogP contribution is 2.36. The van der Waals surface area contributed by atoms with E-state index >= 15 is 0 Å². The summed E-state index contributed by atoms with van der Waals surface area (Å²) in [7, 11) is 0. The molecule has 3 rings (SSSR count). The third-order valence-electron chi connectivity index (χ3n) is 6.11. The molecule has 3 aliphatic rings. The quantitative estimate of drug-likeness (QED) is 0.796. The topological polar surface area (TPSA) is 30.3 Å². The second-order valence-electron chi connectivity index (χ2n) is 7.45. The molecule has 0 bridgehead atoms. The van der Waals surface area contributed by atoms with Crippen molar-refractivity contribution in [3.05, 3.63) is 0 Å². The van der Waals surface area contributed by atoms with Gasteiger partial charge >= 0.3 is 0 Å². The van der Waals surface area contributed by atoms with Crippen LogP contribution in [0.3, 0.4) is 0 Å². The number of likely N-dealkylation sites (tertiary alicyclic amines) is 2. The highest BCUT2D eigenvalue weighted by Gasteiger charge is 2.38. The number of nitrogens with zero attached hydrogens (tertiary/aromatic N) is 3. The van der Waals surface area contributed by atoms with Crippen LogP contribution in [-0.2, 0) is 0 Å². The van der Waals surface area contributed by atoms with Crippen molar-refractivity contribution in [2.45, 2.75) is 70.4 Å². The maximum absolute atomic E-state index is 9.53. The van der Waals surface area contributed by atoms with Crippen LogP contribution in [0.5, 0.6) is 0 Å². The van der Waals surface area contributed by atoms with Crippen molar-refractivity contribution < 1.29 is 0 Å². The Bertz CT molecular complexity index is 369. The lowest BCUT2D eigenvalue weighted by Crippen LogP contribution is -2.44. The minimum absolute atomic E-state index is 0.287. The van der Waals surface area contributed by atoms with Crippen molar-refractivity contribution in [3.8, 4) is 6.07 Å². The second-order valence-corrected chi connectivity index (χ2v) is 7.45. The first-order valence-electron chi connectivity index (χ1n) is 9.19. The first-order chi connectivity index (χ1) is 10.3. The third-order valence-corrected chi connectivity index (χ3v) is 6.11. The first-order valence-corrected chi connectivity index (χ1v) is 9.19. The molecule has 2 aliphatic heterocycles. The van der Waals surface area contributed by atoms with Crippen molar-refractivity contribution in [3.63, 3.8) is 0 Å². The van der Waals surface area contributed by atoms with Crippen LogP contribution in [0.1, 0.15) is 58.3 Å². The smallest absolute Gasteiger partial charge is 0.0672 e. The lowest BCUT2D eigenvalue weighted by atomic mass is 9.76. The minimum atomic E-state index is 0.287. The van der Waals surface area contributed by atoms with Crippen molar-refractivity contribution in [1.29, 1.82) is 5.26 Å². The summed E-state index contributed by atoms with van der Waals surface area (Å²) in [4.78, 5) is 5.38. The Morgan fingerprint density at radius 2 is 1.86 bits per heavy atom. The molecule has 0 aromatic carbocycles. The van der Waals surface area contributed by atoms with Gasteiger partial charge in [0.05, 0.1) is 12.0 Å². The maximum atomic E-state index is 9.53. The summed E-state index contributed by atoms with van der Waals surface area (Å²) < 4.78 is 0. The first kappa shape index (κ1) is 15.3. The van der Waals surface area contributed by atoms with Gasteiger partial charge < -0.3 is 0 Å². The molecule has 21 heavy (non-hydrogen) atoms. The van der Waals surface area contributed by atoms with Crippen LogP contribution in [0, 0.1) is 23.2 Å². The predicted molar refractivity (Wildman–Crippen MR) is 85.9 cm³/mol. The van der Waals surface area contributed by atoms with E-state index in [9.17, 15) is 5.26 Å². The molecule has 118 valence electrons. The van der Waals surface area contributed by atoms with Gasteiger partial charge in [0.2, 0.25) is 0 Å². The van der Waals surface area contributed by atoms with Gasteiger partial charge in [0.15, 0.2) is 0 Å².